The third-order valence-electron chi connectivity index (χ3n) is 6.37. The van der Waals surface area contributed by atoms with Gasteiger partial charge in [0.15, 0.2) is 0 Å². The topological polar surface area (TPSA) is 128 Å². The fraction of sp³-hybridized carbons (Fsp3) is 0.250. The number of anilines is 1. The van der Waals surface area contributed by atoms with E-state index in [1.54, 1.807) is 61.5 Å². The first-order valence-electron chi connectivity index (χ1n) is 12.2. The number of urea groups is 1. The number of nitrogens with one attached hydrogen (secondary N) is 2. The molecule has 3 unspecified atom stereocenters. The van der Waals surface area contributed by atoms with E-state index in [9.17, 15) is 23.9 Å². The number of amides is 4. The Morgan fingerprint density at radius 2 is 1.82 bits per heavy atom. The van der Waals surface area contributed by atoms with E-state index >= 15 is 0 Å². The maximum atomic E-state index is 14.5. The van der Waals surface area contributed by atoms with Gasteiger partial charge < -0.3 is 25.6 Å². The molecule has 1 aliphatic rings. The number of aliphatic hydroxyl groups is 2. The second-order valence-electron chi connectivity index (χ2n) is 9.06. The molecule has 39 heavy (non-hydrogen) atoms. The van der Waals surface area contributed by atoms with E-state index in [0.29, 0.717) is 21.3 Å². The predicted molar refractivity (Wildman–Crippen MR) is 145 cm³/mol. The molecule has 3 aromatic carbocycles. The highest BCUT2D eigenvalue weighted by molar-refractivity contribution is 9.10. The molecule has 204 valence electrons. The smallest absolute Gasteiger partial charge is 0.325 e. The zero-order valence-corrected chi connectivity index (χ0v) is 22.5. The minimum Gasteiger partial charge on any atom is -0.491 e. The number of ether oxygens (including phenoxy) is 1. The Bertz CT molecular complexity index is 1340. The van der Waals surface area contributed by atoms with Crippen LogP contribution in [0.5, 0.6) is 5.75 Å². The third kappa shape index (κ3) is 6.44. The Balaban J connectivity index is 1.60. The molecule has 4 rings (SSSR count). The lowest BCUT2D eigenvalue weighted by Crippen LogP contribution is -2.50. The highest BCUT2D eigenvalue weighted by Crippen LogP contribution is 2.32. The minimum atomic E-state index is -1.28. The Morgan fingerprint density at radius 1 is 1.13 bits per heavy atom. The molecule has 4 N–H and O–H groups in total. The lowest BCUT2D eigenvalue weighted by molar-refractivity contribution is -0.134. The monoisotopic (exact) mass is 599 g/mol. The van der Waals surface area contributed by atoms with E-state index in [1.807, 2.05) is 6.07 Å². The molecule has 4 amide bonds. The molecule has 11 heteroatoms. The Morgan fingerprint density at radius 3 is 2.46 bits per heavy atom. The van der Waals surface area contributed by atoms with Crippen LogP contribution in [-0.4, -0.2) is 58.3 Å². The fourth-order valence-electron chi connectivity index (χ4n) is 4.29. The van der Waals surface area contributed by atoms with Crippen molar-refractivity contribution in [2.75, 3.05) is 18.5 Å². The molecular formula is C28H27BrFN3O6. The molecule has 0 spiro atoms. The van der Waals surface area contributed by atoms with Gasteiger partial charge in [-0.1, -0.05) is 65.3 Å². The lowest BCUT2D eigenvalue weighted by Gasteiger charge is -2.30. The van der Waals surface area contributed by atoms with Crippen LogP contribution in [0.2, 0.25) is 0 Å². The van der Waals surface area contributed by atoms with Crippen molar-refractivity contribution in [1.82, 2.24) is 10.2 Å². The van der Waals surface area contributed by atoms with Crippen LogP contribution in [0.3, 0.4) is 0 Å². The predicted octanol–water partition coefficient (Wildman–Crippen LogP) is 3.72. The zero-order chi connectivity index (χ0) is 28.1. The van der Waals surface area contributed by atoms with Crippen LogP contribution in [0.1, 0.15) is 30.0 Å². The van der Waals surface area contributed by atoms with Gasteiger partial charge in [-0.15, -0.1) is 0 Å². The van der Waals surface area contributed by atoms with Crippen molar-refractivity contribution in [1.29, 1.82) is 0 Å². The number of imide groups is 1. The SMILES string of the molecule is CC(c1ccccc1)C(C(=O)Nc1ccc(Br)cc1F)N1C(=O)N[C@H](c2ccc(OCC(O)CO)cc2)C1=O. The third-order valence-corrected chi connectivity index (χ3v) is 6.87. The lowest BCUT2D eigenvalue weighted by atomic mass is 9.91. The minimum absolute atomic E-state index is 0.0843. The fourth-order valence-corrected chi connectivity index (χ4v) is 4.62. The molecule has 0 radical (unpaired) electrons. The van der Waals surface area contributed by atoms with Gasteiger partial charge in [-0.2, -0.15) is 0 Å². The summed E-state index contributed by atoms with van der Waals surface area (Å²) < 4.78 is 20.4. The first kappa shape index (κ1) is 28.2. The van der Waals surface area contributed by atoms with Crippen molar-refractivity contribution in [3.63, 3.8) is 0 Å². The van der Waals surface area contributed by atoms with Gasteiger partial charge in [0.05, 0.1) is 12.3 Å². The highest BCUT2D eigenvalue weighted by atomic mass is 79.9. The van der Waals surface area contributed by atoms with Gasteiger partial charge in [-0.3, -0.25) is 9.59 Å². The number of hydrogen-bond donors (Lipinski definition) is 4. The Labute approximate surface area is 232 Å². The van der Waals surface area contributed by atoms with Gasteiger partial charge in [-0.25, -0.2) is 14.1 Å². The van der Waals surface area contributed by atoms with E-state index in [0.717, 1.165) is 4.90 Å². The Kier molecular flexibility index (Phi) is 8.95. The van der Waals surface area contributed by atoms with Crippen molar-refractivity contribution in [2.24, 2.45) is 0 Å². The van der Waals surface area contributed by atoms with Crippen molar-refractivity contribution in [3.05, 3.63) is 94.2 Å². The van der Waals surface area contributed by atoms with Crippen LogP contribution < -0.4 is 15.4 Å². The zero-order valence-electron chi connectivity index (χ0n) is 20.9. The molecule has 1 heterocycles. The molecule has 1 aliphatic heterocycles. The number of benzene rings is 3. The summed E-state index contributed by atoms with van der Waals surface area (Å²) >= 11 is 3.18. The quantitative estimate of drug-likeness (QED) is 0.263. The number of hydrogen-bond acceptors (Lipinski definition) is 6. The summed E-state index contributed by atoms with van der Waals surface area (Å²) in [4.78, 5) is 41.2. The largest absolute Gasteiger partial charge is 0.491 e. The van der Waals surface area contributed by atoms with Gasteiger partial charge >= 0.3 is 6.03 Å². The first-order valence-corrected chi connectivity index (χ1v) is 12.9. The molecule has 9 nitrogen and oxygen atoms in total. The highest BCUT2D eigenvalue weighted by Gasteiger charge is 2.47. The van der Waals surface area contributed by atoms with Gasteiger partial charge in [-0.05, 0) is 41.5 Å². The van der Waals surface area contributed by atoms with E-state index in [-0.39, 0.29) is 12.3 Å². The van der Waals surface area contributed by atoms with Gasteiger partial charge in [0.25, 0.3) is 5.91 Å². The van der Waals surface area contributed by atoms with Crippen molar-refractivity contribution < 1.29 is 33.7 Å². The van der Waals surface area contributed by atoms with Crippen LogP contribution in [0, 0.1) is 5.82 Å². The number of aliphatic hydroxyl groups excluding tert-OH is 2. The summed E-state index contributed by atoms with van der Waals surface area (Å²) in [6.45, 7) is 1.16. The van der Waals surface area contributed by atoms with E-state index in [1.165, 1.54) is 12.1 Å². The van der Waals surface area contributed by atoms with Crippen LogP contribution in [0.25, 0.3) is 0 Å². The maximum absolute atomic E-state index is 14.5. The summed E-state index contributed by atoms with van der Waals surface area (Å²) in [7, 11) is 0. The normalized spacial score (nSPS) is 17.4. The van der Waals surface area contributed by atoms with Crippen LogP contribution in [0.4, 0.5) is 14.9 Å². The molecule has 0 aromatic heterocycles. The number of carbonyl (C=O) groups is 3. The molecule has 0 saturated carbocycles. The molecular weight excluding hydrogens is 573 g/mol. The van der Waals surface area contributed by atoms with Crippen molar-refractivity contribution in [3.8, 4) is 5.75 Å². The van der Waals surface area contributed by atoms with E-state index < -0.39 is 54.4 Å². The summed E-state index contributed by atoms with van der Waals surface area (Å²) in [5.41, 5.74) is 1.08. The molecule has 1 saturated heterocycles. The second kappa shape index (κ2) is 12.4. The molecule has 1 fully saturated rings. The van der Waals surface area contributed by atoms with Crippen LogP contribution in [0.15, 0.2) is 77.3 Å². The van der Waals surface area contributed by atoms with Crippen molar-refractivity contribution >= 4 is 39.5 Å². The average Bonchev–Trinajstić information content (AvgIpc) is 3.23. The van der Waals surface area contributed by atoms with Gasteiger partial charge in [0.1, 0.15) is 36.4 Å². The van der Waals surface area contributed by atoms with E-state index in [4.69, 9.17) is 9.84 Å². The average molecular weight is 600 g/mol. The molecule has 0 bridgehead atoms. The Hall–Kier alpha value is -3.80. The number of halogens is 2. The summed E-state index contributed by atoms with van der Waals surface area (Å²) in [5.74, 6) is -2.25. The first-order chi connectivity index (χ1) is 18.7. The molecule has 3 aromatic rings. The maximum Gasteiger partial charge on any atom is 0.325 e. The number of nitrogens with zero attached hydrogens (tertiary/aromatic N) is 1. The summed E-state index contributed by atoms with van der Waals surface area (Å²) in [6, 6.07) is 16.3. The number of carbonyl (C=O) groups excluding carboxylic acids is 3. The van der Waals surface area contributed by atoms with Crippen molar-refractivity contribution in [2.45, 2.75) is 31.0 Å². The van der Waals surface area contributed by atoms with Gasteiger partial charge in [0.2, 0.25) is 5.91 Å². The molecule has 0 aliphatic carbocycles. The summed E-state index contributed by atoms with van der Waals surface area (Å²) in [6.07, 6.45) is -1.03. The standard InChI is InChI=1S/C28H27BrFN3O6/c1-16(17-5-3-2-4-6-17)25(26(36)31-23-12-9-19(29)13-22(23)30)33-27(37)24(32-28(33)38)18-7-10-21(11-8-18)39-15-20(35)14-34/h2-13,16,20,24-25,34-35H,14-15H2,1H3,(H,31,36)(H,32,38)/t16?,20?,24-,25?/m1/s1. The van der Waals surface area contributed by atoms with Crippen LogP contribution >= 0.6 is 15.9 Å². The van der Waals surface area contributed by atoms with Gasteiger partial charge in [0, 0.05) is 10.4 Å². The van der Waals surface area contributed by atoms with E-state index in [2.05, 4.69) is 26.6 Å². The molecule has 4 atom stereocenters. The number of rotatable bonds is 10. The second-order valence-corrected chi connectivity index (χ2v) is 9.98. The summed E-state index contributed by atoms with van der Waals surface area (Å²) in [5, 5.41) is 23.5. The van der Waals surface area contributed by atoms with Crippen LogP contribution in [-0.2, 0) is 9.59 Å².